The zero-order valence-electron chi connectivity index (χ0n) is 15.4. The van der Waals surface area contributed by atoms with E-state index in [4.69, 9.17) is 4.74 Å². The number of imidazole rings is 1. The van der Waals surface area contributed by atoms with Crippen molar-refractivity contribution in [1.82, 2.24) is 25.1 Å². The van der Waals surface area contributed by atoms with E-state index in [1.807, 2.05) is 56.4 Å². The SMILES string of the molecule is COc1ccc([C@@H](C)NC(=O)CSc2ccc(-n3cnc(C)c3)nn2)cc1. The first-order valence-electron chi connectivity index (χ1n) is 8.46. The van der Waals surface area contributed by atoms with Crippen molar-refractivity contribution < 1.29 is 9.53 Å². The van der Waals surface area contributed by atoms with Crippen LogP contribution in [0.4, 0.5) is 0 Å². The summed E-state index contributed by atoms with van der Waals surface area (Å²) in [4.78, 5) is 16.4. The van der Waals surface area contributed by atoms with Crippen molar-refractivity contribution in [3.63, 3.8) is 0 Å². The summed E-state index contributed by atoms with van der Waals surface area (Å²) >= 11 is 1.35. The zero-order chi connectivity index (χ0) is 19.2. The molecule has 140 valence electrons. The van der Waals surface area contributed by atoms with E-state index in [2.05, 4.69) is 20.5 Å². The molecule has 0 bridgehead atoms. The van der Waals surface area contributed by atoms with Gasteiger partial charge in [0.15, 0.2) is 5.82 Å². The van der Waals surface area contributed by atoms with Crippen molar-refractivity contribution in [3.05, 3.63) is 60.2 Å². The highest BCUT2D eigenvalue weighted by atomic mass is 32.2. The van der Waals surface area contributed by atoms with Gasteiger partial charge in [-0.25, -0.2) is 4.98 Å². The van der Waals surface area contributed by atoms with E-state index < -0.39 is 0 Å². The van der Waals surface area contributed by atoms with E-state index in [9.17, 15) is 4.79 Å². The Kier molecular flexibility index (Phi) is 6.08. The average molecular weight is 383 g/mol. The molecule has 0 radical (unpaired) electrons. The predicted molar refractivity (Wildman–Crippen MR) is 104 cm³/mol. The van der Waals surface area contributed by atoms with Gasteiger partial charge >= 0.3 is 0 Å². The van der Waals surface area contributed by atoms with Crippen molar-refractivity contribution in [1.29, 1.82) is 0 Å². The monoisotopic (exact) mass is 383 g/mol. The molecule has 3 rings (SSSR count). The van der Waals surface area contributed by atoms with Crippen LogP contribution in [-0.2, 0) is 4.79 Å². The molecule has 1 aromatic carbocycles. The summed E-state index contributed by atoms with van der Waals surface area (Å²) in [5, 5.41) is 12.0. The van der Waals surface area contributed by atoms with Crippen LogP contribution in [0.15, 0.2) is 53.9 Å². The van der Waals surface area contributed by atoms with Gasteiger partial charge in [-0.1, -0.05) is 23.9 Å². The topological polar surface area (TPSA) is 81.9 Å². The minimum atomic E-state index is -0.0815. The van der Waals surface area contributed by atoms with E-state index >= 15 is 0 Å². The standard InChI is InChI=1S/C19H21N5O2S/c1-13-10-24(12-20-13)17-8-9-19(23-22-17)27-11-18(25)21-14(2)15-4-6-16(26-3)7-5-15/h4-10,12,14H,11H2,1-3H3,(H,21,25)/t14-/m1/s1. The lowest BCUT2D eigenvalue weighted by Crippen LogP contribution is -2.28. The predicted octanol–water partition coefficient (Wildman–Crippen LogP) is 2.95. The number of aryl methyl sites for hydroxylation is 1. The van der Waals surface area contributed by atoms with Crippen LogP contribution in [0.2, 0.25) is 0 Å². The molecule has 0 aliphatic rings. The fourth-order valence-corrected chi connectivity index (χ4v) is 3.10. The van der Waals surface area contributed by atoms with Gasteiger partial charge in [-0.05, 0) is 43.7 Å². The number of ether oxygens (including phenoxy) is 1. The Hall–Kier alpha value is -2.87. The second kappa shape index (κ2) is 8.68. The number of amides is 1. The lowest BCUT2D eigenvalue weighted by atomic mass is 10.1. The summed E-state index contributed by atoms with van der Waals surface area (Å²) in [5.74, 6) is 1.70. The number of rotatable bonds is 7. The summed E-state index contributed by atoms with van der Waals surface area (Å²) in [6.45, 7) is 3.87. The van der Waals surface area contributed by atoms with Gasteiger partial charge in [-0.3, -0.25) is 9.36 Å². The molecule has 3 aromatic rings. The maximum Gasteiger partial charge on any atom is 0.230 e. The average Bonchev–Trinajstić information content (AvgIpc) is 3.13. The van der Waals surface area contributed by atoms with Crippen molar-refractivity contribution in [2.75, 3.05) is 12.9 Å². The van der Waals surface area contributed by atoms with E-state index in [1.54, 1.807) is 18.0 Å². The number of carbonyl (C=O) groups excluding carboxylic acids is 1. The number of nitrogens with zero attached hydrogens (tertiary/aromatic N) is 4. The normalized spacial score (nSPS) is 11.8. The number of methoxy groups -OCH3 is 1. The second-order valence-electron chi connectivity index (χ2n) is 6.00. The van der Waals surface area contributed by atoms with Crippen LogP contribution >= 0.6 is 11.8 Å². The second-order valence-corrected chi connectivity index (χ2v) is 7.00. The lowest BCUT2D eigenvalue weighted by Gasteiger charge is -2.14. The van der Waals surface area contributed by atoms with Crippen molar-refractivity contribution in [2.45, 2.75) is 24.9 Å². The Morgan fingerprint density at radius 1 is 1.22 bits per heavy atom. The molecule has 1 amide bonds. The third kappa shape index (κ3) is 5.07. The summed E-state index contributed by atoms with van der Waals surface area (Å²) in [6, 6.07) is 11.3. The Morgan fingerprint density at radius 3 is 2.59 bits per heavy atom. The first kappa shape index (κ1) is 18.9. The zero-order valence-corrected chi connectivity index (χ0v) is 16.2. The fourth-order valence-electron chi connectivity index (χ4n) is 2.47. The third-order valence-electron chi connectivity index (χ3n) is 3.95. The molecule has 0 aliphatic carbocycles. The van der Waals surface area contributed by atoms with Crippen molar-refractivity contribution in [2.24, 2.45) is 0 Å². The number of carbonyl (C=O) groups is 1. The van der Waals surface area contributed by atoms with E-state index in [0.717, 1.165) is 17.0 Å². The Bertz CT molecular complexity index is 893. The van der Waals surface area contributed by atoms with Gasteiger partial charge in [-0.2, -0.15) is 0 Å². The highest BCUT2D eigenvalue weighted by Crippen LogP contribution is 2.19. The third-order valence-corrected chi connectivity index (χ3v) is 4.87. The van der Waals surface area contributed by atoms with E-state index in [0.29, 0.717) is 10.8 Å². The Morgan fingerprint density at radius 2 is 2.00 bits per heavy atom. The van der Waals surface area contributed by atoms with Gasteiger partial charge in [0.2, 0.25) is 5.91 Å². The molecule has 0 spiro atoms. The van der Waals surface area contributed by atoms with Gasteiger partial charge in [0.25, 0.3) is 0 Å². The van der Waals surface area contributed by atoms with Gasteiger partial charge in [0, 0.05) is 6.20 Å². The number of nitrogens with one attached hydrogen (secondary N) is 1. The Balaban J connectivity index is 1.51. The molecule has 0 fully saturated rings. The molecule has 27 heavy (non-hydrogen) atoms. The highest BCUT2D eigenvalue weighted by molar-refractivity contribution is 7.99. The van der Waals surface area contributed by atoms with Gasteiger partial charge in [-0.15, -0.1) is 10.2 Å². The quantitative estimate of drug-likeness (QED) is 0.632. The minimum absolute atomic E-state index is 0.0561. The summed E-state index contributed by atoms with van der Waals surface area (Å²) in [7, 11) is 1.63. The van der Waals surface area contributed by atoms with E-state index in [-0.39, 0.29) is 17.7 Å². The first-order valence-corrected chi connectivity index (χ1v) is 9.44. The molecule has 0 aliphatic heterocycles. The van der Waals surface area contributed by atoms with Crippen LogP contribution in [0.3, 0.4) is 0 Å². The number of benzene rings is 1. The molecule has 8 heteroatoms. The molecule has 0 saturated carbocycles. The highest BCUT2D eigenvalue weighted by Gasteiger charge is 2.11. The van der Waals surface area contributed by atoms with Crippen LogP contribution in [0.25, 0.3) is 5.82 Å². The summed E-state index contributed by atoms with van der Waals surface area (Å²) in [6.07, 6.45) is 3.57. The van der Waals surface area contributed by atoms with Gasteiger partial charge < -0.3 is 10.1 Å². The van der Waals surface area contributed by atoms with Crippen molar-refractivity contribution >= 4 is 17.7 Å². The molecule has 0 saturated heterocycles. The maximum absolute atomic E-state index is 12.2. The number of hydrogen-bond donors (Lipinski definition) is 1. The molecule has 1 atom stereocenters. The van der Waals surface area contributed by atoms with Crippen LogP contribution in [0.1, 0.15) is 24.2 Å². The molecular formula is C19H21N5O2S. The van der Waals surface area contributed by atoms with Crippen LogP contribution in [0.5, 0.6) is 5.75 Å². The van der Waals surface area contributed by atoms with Crippen LogP contribution in [0, 0.1) is 6.92 Å². The molecular weight excluding hydrogens is 362 g/mol. The lowest BCUT2D eigenvalue weighted by molar-refractivity contribution is -0.119. The largest absolute Gasteiger partial charge is 0.497 e. The first-order chi connectivity index (χ1) is 13.0. The molecule has 1 N–H and O–H groups in total. The molecule has 2 heterocycles. The Labute approximate surface area is 162 Å². The summed E-state index contributed by atoms with van der Waals surface area (Å²) < 4.78 is 6.95. The summed E-state index contributed by atoms with van der Waals surface area (Å²) in [5.41, 5.74) is 1.94. The molecule has 2 aromatic heterocycles. The maximum atomic E-state index is 12.2. The number of hydrogen-bond acceptors (Lipinski definition) is 6. The minimum Gasteiger partial charge on any atom is -0.497 e. The molecule has 0 unspecified atom stereocenters. The number of thioether (sulfide) groups is 1. The van der Waals surface area contributed by atoms with Crippen LogP contribution < -0.4 is 10.1 Å². The van der Waals surface area contributed by atoms with Crippen molar-refractivity contribution in [3.8, 4) is 11.6 Å². The van der Waals surface area contributed by atoms with Gasteiger partial charge in [0.1, 0.15) is 17.1 Å². The van der Waals surface area contributed by atoms with E-state index in [1.165, 1.54) is 11.8 Å². The van der Waals surface area contributed by atoms with Crippen LogP contribution in [-0.4, -0.2) is 38.5 Å². The van der Waals surface area contributed by atoms with Gasteiger partial charge in [0.05, 0.1) is 24.6 Å². The fraction of sp³-hybridized carbons (Fsp3) is 0.263. The smallest absolute Gasteiger partial charge is 0.230 e. The number of aromatic nitrogens is 4. The molecule has 7 nitrogen and oxygen atoms in total.